The maximum atomic E-state index is 9.72. The van der Waals surface area contributed by atoms with Crippen LogP contribution in [0.3, 0.4) is 0 Å². The predicted molar refractivity (Wildman–Crippen MR) is 91.3 cm³/mol. The van der Waals surface area contributed by atoms with Gasteiger partial charge < -0.3 is 10.4 Å². The molecule has 2 atom stereocenters. The largest absolute Gasteiger partial charge is 0.396 e. The molecule has 1 aliphatic rings. The van der Waals surface area contributed by atoms with Gasteiger partial charge in [-0.15, -0.1) is 0 Å². The number of benzene rings is 1. The van der Waals surface area contributed by atoms with Crippen LogP contribution < -0.4 is 5.32 Å². The zero-order valence-electron chi connectivity index (χ0n) is 14.1. The number of hydrogen-bond acceptors (Lipinski definition) is 3. The summed E-state index contributed by atoms with van der Waals surface area (Å²) in [6.07, 6.45) is 0.948. The molecule has 2 N–H and O–H groups in total. The van der Waals surface area contributed by atoms with E-state index in [1.165, 1.54) is 5.56 Å². The van der Waals surface area contributed by atoms with Gasteiger partial charge in [0.25, 0.3) is 0 Å². The van der Waals surface area contributed by atoms with Crippen LogP contribution in [0.4, 0.5) is 11.4 Å². The van der Waals surface area contributed by atoms with Crippen molar-refractivity contribution in [2.45, 2.75) is 46.2 Å². The van der Waals surface area contributed by atoms with E-state index >= 15 is 0 Å². The molecule has 0 aromatic heterocycles. The fraction of sp³-hybridized carbons (Fsp3) is 0.611. The highest BCUT2D eigenvalue weighted by Crippen LogP contribution is 2.42. The summed E-state index contributed by atoms with van der Waals surface area (Å²) in [6, 6.07) is 6.41. The molecule has 1 heterocycles. The molecular formula is C18H27N3O. The average Bonchev–Trinajstić information content (AvgIpc) is 2.55. The maximum Gasteiger partial charge on any atom is 0.187 e. The molecule has 0 spiro atoms. The van der Waals surface area contributed by atoms with Crippen molar-refractivity contribution < 1.29 is 5.11 Å². The third kappa shape index (κ3) is 3.11. The predicted octanol–water partition coefficient (Wildman–Crippen LogP) is 3.82. The molecule has 120 valence electrons. The molecular weight excluding hydrogens is 274 g/mol. The van der Waals surface area contributed by atoms with Gasteiger partial charge >= 0.3 is 0 Å². The van der Waals surface area contributed by atoms with E-state index in [2.05, 4.69) is 42.8 Å². The molecule has 1 aliphatic heterocycles. The van der Waals surface area contributed by atoms with Crippen molar-refractivity contribution in [1.82, 2.24) is 4.90 Å². The summed E-state index contributed by atoms with van der Waals surface area (Å²) in [6.45, 7) is 17.9. The van der Waals surface area contributed by atoms with E-state index in [1.807, 2.05) is 18.2 Å². The molecule has 0 fully saturated rings. The van der Waals surface area contributed by atoms with Gasteiger partial charge in [0.1, 0.15) is 0 Å². The van der Waals surface area contributed by atoms with Crippen molar-refractivity contribution in [2.75, 3.05) is 25.0 Å². The summed E-state index contributed by atoms with van der Waals surface area (Å²) in [5, 5.41) is 13.3. The quantitative estimate of drug-likeness (QED) is 0.812. The number of aliphatic hydroxyl groups is 1. The molecule has 2 rings (SSSR count). The van der Waals surface area contributed by atoms with Crippen molar-refractivity contribution >= 4 is 11.4 Å². The molecule has 0 saturated heterocycles. The highest BCUT2D eigenvalue weighted by atomic mass is 16.3. The van der Waals surface area contributed by atoms with Gasteiger partial charge in [0.15, 0.2) is 5.69 Å². The first-order valence-corrected chi connectivity index (χ1v) is 8.09. The zero-order valence-corrected chi connectivity index (χ0v) is 14.1. The topological polar surface area (TPSA) is 39.9 Å². The highest BCUT2D eigenvalue weighted by Gasteiger charge is 2.37. The van der Waals surface area contributed by atoms with Gasteiger partial charge in [-0.25, -0.2) is 4.85 Å². The van der Waals surface area contributed by atoms with Crippen LogP contribution >= 0.6 is 0 Å². The summed E-state index contributed by atoms with van der Waals surface area (Å²) in [5.41, 5.74) is 2.82. The highest BCUT2D eigenvalue weighted by molar-refractivity contribution is 5.63. The molecule has 4 heteroatoms. The van der Waals surface area contributed by atoms with E-state index in [-0.39, 0.29) is 18.1 Å². The maximum absolute atomic E-state index is 9.72. The normalized spacial score (nSPS) is 21.1. The summed E-state index contributed by atoms with van der Waals surface area (Å²) in [7, 11) is 0. The van der Waals surface area contributed by atoms with E-state index in [1.54, 1.807) is 0 Å². The molecule has 1 aromatic rings. The number of nitrogens with zero attached hydrogens (tertiary/aromatic N) is 2. The van der Waals surface area contributed by atoms with Gasteiger partial charge in [0.2, 0.25) is 0 Å². The average molecular weight is 301 g/mol. The van der Waals surface area contributed by atoms with Crippen LogP contribution in [0.15, 0.2) is 18.2 Å². The van der Waals surface area contributed by atoms with E-state index in [0.717, 1.165) is 25.2 Å². The third-order valence-electron chi connectivity index (χ3n) is 4.92. The van der Waals surface area contributed by atoms with Crippen LogP contribution in [-0.4, -0.2) is 35.7 Å². The summed E-state index contributed by atoms with van der Waals surface area (Å²) < 4.78 is 0. The molecule has 2 unspecified atom stereocenters. The second-order valence-corrected chi connectivity index (χ2v) is 6.70. The molecule has 0 aliphatic carbocycles. The summed E-state index contributed by atoms with van der Waals surface area (Å²) in [5.74, 6) is 0. The number of nitrogens with one attached hydrogen (secondary N) is 1. The van der Waals surface area contributed by atoms with E-state index in [0.29, 0.717) is 11.7 Å². The van der Waals surface area contributed by atoms with Gasteiger partial charge in [-0.2, -0.15) is 0 Å². The lowest BCUT2D eigenvalue weighted by molar-refractivity contribution is 0.108. The van der Waals surface area contributed by atoms with E-state index in [9.17, 15) is 5.11 Å². The monoisotopic (exact) mass is 301 g/mol. The van der Waals surface area contributed by atoms with Gasteiger partial charge in [-0.1, -0.05) is 33.8 Å². The molecule has 0 saturated carbocycles. The van der Waals surface area contributed by atoms with Crippen molar-refractivity contribution in [2.24, 2.45) is 5.41 Å². The lowest BCUT2D eigenvalue weighted by atomic mass is 9.77. The Bertz CT molecular complexity index is 558. The fourth-order valence-electron chi connectivity index (χ4n) is 3.26. The van der Waals surface area contributed by atoms with E-state index < -0.39 is 0 Å². The molecule has 0 radical (unpaired) electrons. The van der Waals surface area contributed by atoms with Crippen LogP contribution in [-0.2, 0) is 0 Å². The van der Waals surface area contributed by atoms with Crippen molar-refractivity contribution in [3.63, 3.8) is 0 Å². The smallest absolute Gasteiger partial charge is 0.187 e. The first-order chi connectivity index (χ1) is 10.5. The Balaban J connectivity index is 2.45. The zero-order chi connectivity index (χ0) is 16.3. The number of rotatable bonds is 5. The number of fused-ring (bicyclic) bond motifs is 1. The van der Waals surface area contributed by atoms with Gasteiger partial charge in [-0.05, 0) is 37.2 Å². The first kappa shape index (κ1) is 16.8. The van der Waals surface area contributed by atoms with Crippen LogP contribution in [0.5, 0.6) is 0 Å². The minimum atomic E-state index is -0.179. The Morgan fingerprint density at radius 3 is 2.59 bits per heavy atom. The van der Waals surface area contributed by atoms with Gasteiger partial charge in [0.05, 0.1) is 13.2 Å². The number of aliphatic hydroxyl groups excluding tert-OH is 1. The number of anilines is 1. The summed E-state index contributed by atoms with van der Waals surface area (Å²) >= 11 is 0. The number of hydrogen-bond donors (Lipinski definition) is 2. The van der Waals surface area contributed by atoms with E-state index in [4.69, 9.17) is 6.57 Å². The molecule has 0 amide bonds. The Kier molecular flexibility index (Phi) is 5.10. The standard InChI is InChI=1S/C18H27N3O/c1-6-21(7-2)16-11-17(18(3,4)12-22)20-15-9-8-13(19-5)10-14(15)16/h8-10,16-17,20,22H,6-7,11-12H2,1-4H3. The fourth-order valence-corrected chi connectivity index (χ4v) is 3.26. The van der Waals surface area contributed by atoms with Crippen LogP contribution in [0.25, 0.3) is 4.85 Å². The van der Waals surface area contributed by atoms with Crippen LogP contribution in [0.1, 0.15) is 45.7 Å². The minimum absolute atomic E-state index is 0.158. The lowest BCUT2D eigenvalue weighted by Gasteiger charge is -2.44. The Morgan fingerprint density at radius 1 is 1.36 bits per heavy atom. The SMILES string of the molecule is [C-]#[N+]c1ccc2c(c1)C(N(CC)CC)CC(C(C)(C)CO)N2. The first-order valence-electron chi connectivity index (χ1n) is 8.09. The molecule has 1 aromatic carbocycles. The molecule has 0 bridgehead atoms. The summed E-state index contributed by atoms with van der Waals surface area (Å²) in [4.78, 5) is 6.01. The van der Waals surface area contributed by atoms with Gasteiger partial charge in [0, 0.05) is 23.2 Å². The molecule has 4 nitrogen and oxygen atoms in total. The van der Waals surface area contributed by atoms with Crippen LogP contribution in [0, 0.1) is 12.0 Å². The third-order valence-corrected chi connectivity index (χ3v) is 4.92. The molecule has 22 heavy (non-hydrogen) atoms. The van der Waals surface area contributed by atoms with Crippen molar-refractivity contribution in [1.29, 1.82) is 0 Å². The second-order valence-electron chi connectivity index (χ2n) is 6.70. The van der Waals surface area contributed by atoms with Crippen LogP contribution in [0.2, 0.25) is 0 Å². The Labute approximate surface area is 134 Å². The van der Waals surface area contributed by atoms with Crippen molar-refractivity contribution in [3.05, 3.63) is 35.2 Å². The van der Waals surface area contributed by atoms with Gasteiger partial charge in [-0.3, -0.25) is 4.90 Å². The second kappa shape index (κ2) is 6.68. The Hall–Kier alpha value is -1.57. The lowest BCUT2D eigenvalue weighted by Crippen LogP contribution is -2.45. The Morgan fingerprint density at radius 2 is 2.05 bits per heavy atom. The minimum Gasteiger partial charge on any atom is -0.396 e. The van der Waals surface area contributed by atoms with Crippen molar-refractivity contribution in [3.8, 4) is 0 Å².